The molecule has 0 unspecified atom stereocenters. The summed E-state index contributed by atoms with van der Waals surface area (Å²) in [7, 11) is 0. The molecule has 0 bridgehead atoms. The minimum Gasteiger partial charge on any atom is -0.792 e. The Morgan fingerprint density at radius 1 is 0.529 bits per heavy atom. The third kappa shape index (κ3) is 21.3. The van der Waals surface area contributed by atoms with Gasteiger partial charge < -0.3 is 41.5 Å². The van der Waals surface area contributed by atoms with Crippen molar-refractivity contribution in [3.8, 4) is 0 Å². The van der Waals surface area contributed by atoms with Gasteiger partial charge in [-0.3, -0.25) is 0 Å². The number of rotatable bonds is 6. The maximum Gasteiger partial charge on any atom is 0.0465 e. The van der Waals surface area contributed by atoms with Crippen molar-refractivity contribution in [3.63, 3.8) is 0 Å². The largest absolute Gasteiger partial charge is 0.792 e. The summed E-state index contributed by atoms with van der Waals surface area (Å²) >= 11 is 8.65. The van der Waals surface area contributed by atoms with Crippen LogP contribution < -0.4 is 11.0 Å². The molecule has 0 aliphatic rings. The zero-order valence-corrected chi connectivity index (χ0v) is 21.4. The van der Waals surface area contributed by atoms with Gasteiger partial charge >= 0.3 is 121 Å². The molecule has 0 saturated carbocycles. The van der Waals surface area contributed by atoms with E-state index >= 15 is 0 Å². The molecule has 16 nitrogen and oxygen atoms in total. The third-order valence-electron chi connectivity index (χ3n) is 3.46. The van der Waals surface area contributed by atoms with Crippen molar-refractivity contribution in [2.75, 3.05) is 0 Å². The molecule has 0 aliphatic heterocycles. The molecule has 18 heteroatoms. The van der Waals surface area contributed by atoms with E-state index in [-0.39, 0.29) is 53.1 Å². The molecule has 0 aliphatic carbocycles. The van der Waals surface area contributed by atoms with E-state index < -0.39 is 0 Å². The number of nitrogens with zero attached hydrogens (tertiary/aromatic N) is 6. The normalized spacial score (nSPS) is 13.4. The molecule has 0 atom stereocenters. The molecular weight excluding hydrogens is 559 g/mol. The summed E-state index contributed by atoms with van der Waals surface area (Å²) in [6.45, 7) is 11.6. The van der Waals surface area contributed by atoms with Gasteiger partial charge in [-0.25, -0.2) is 0 Å². The quantitative estimate of drug-likeness (QED) is 0.261. The number of hydroxylamine groups is 4. The SMILES string of the molecule is C/C(N[O-])=C(\C)[N+]([O-])=[Cu].C/C(N[O-])=C(\C)[N+]([O-])=[Cu].CC(=N\[O-])/C(C)=N/[O-].CC(=N\[O-])/C(C)=N/[O-]. The van der Waals surface area contributed by atoms with Crippen molar-refractivity contribution in [1.82, 2.24) is 11.0 Å². The summed E-state index contributed by atoms with van der Waals surface area (Å²) in [4.78, 5) is 0. The van der Waals surface area contributed by atoms with Crippen LogP contribution in [0.4, 0.5) is 0 Å². The van der Waals surface area contributed by atoms with E-state index in [0.29, 0.717) is 0 Å². The Morgan fingerprint density at radius 3 is 0.765 bits per heavy atom. The molecule has 0 spiro atoms. The molecule has 0 fully saturated rings. The van der Waals surface area contributed by atoms with Gasteiger partial charge in [0.25, 0.3) is 0 Å². The van der Waals surface area contributed by atoms with E-state index in [2.05, 4.69) is 52.3 Å². The Balaban J connectivity index is -0.000000177. The number of allylic oxidation sites excluding steroid dienone is 4. The minimum absolute atomic E-state index is 0.139. The molecule has 2 N–H and O–H groups in total. The van der Waals surface area contributed by atoms with Gasteiger partial charge in [-0.2, -0.15) is 0 Å². The molecule has 206 valence electrons. The summed E-state index contributed by atoms with van der Waals surface area (Å²) in [5, 5.41) is 88.5. The average Bonchev–Trinajstić information content (AvgIpc) is 2.85. The van der Waals surface area contributed by atoms with Gasteiger partial charge in [0.05, 0.1) is 0 Å². The van der Waals surface area contributed by atoms with E-state index in [1.807, 2.05) is 0 Å². The van der Waals surface area contributed by atoms with Crippen LogP contribution in [0.1, 0.15) is 55.4 Å². The van der Waals surface area contributed by atoms with Gasteiger partial charge in [-0.1, -0.05) is 0 Å². The molecular formula is C16H26Cu2N8O8-6. The second kappa shape index (κ2) is 23.6. The van der Waals surface area contributed by atoms with Crippen molar-refractivity contribution < 1.29 is 39.1 Å². The summed E-state index contributed by atoms with van der Waals surface area (Å²) < 4.78 is 0.403. The third-order valence-corrected chi connectivity index (χ3v) is 4.09. The summed E-state index contributed by atoms with van der Waals surface area (Å²) in [6, 6.07) is 0. The Morgan fingerprint density at radius 2 is 0.706 bits per heavy atom. The second-order valence-electron chi connectivity index (χ2n) is 5.76. The number of nitrogens with one attached hydrogen (secondary N) is 2. The van der Waals surface area contributed by atoms with Crippen LogP contribution in [0.25, 0.3) is 0 Å². The van der Waals surface area contributed by atoms with Crippen LogP contribution in [0.15, 0.2) is 43.4 Å². The molecule has 0 rings (SSSR count). The van der Waals surface area contributed by atoms with E-state index in [1.54, 1.807) is 11.0 Å². The van der Waals surface area contributed by atoms with Crippen LogP contribution in [-0.2, 0) is 31.6 Å². The second-order valence-corrected chi connectivity index (χ2v) is 6.52. The number of hydrogen-bond acceptors (Lipinski definition) is 14. The van der Waals surface area contributed by atoms with Crippen molar-refractivity contribution in [2.45, 2.75) is 55.4 Å². The zero-order valence-electron chi connectivity index (χ0n) is 19.6. The first-order chi connectivity index (χ1) is 15.6. The molecule has 0 heterocycles. The maximum atomic E-state index is 10.2. The predicted octanol–water partition coefficient (Wildman–Crippen LogP) is 2.94. The van der Waals surface area contributed by atoms with E-state index in [4.69, 9.17) is 0 Å². The van der Waals surface area contributed by atoms with Crippen molar-refractivity contribution in [2.24, 2.45) is 20.6 Å². The number of hydrogen-bond donors (Lipinski definition) is 2. The summed E-state index contributed by atoms with van der Waals surface area (Å²) in [6.07, 6.45) is 0. The van der Waals surface area contributed by atoms with Gasteiger partial charge in [0.2, 0.25) is 0 Å². The van der Waals surface area contributed by atoms with Crippen LogP contribution in [0.2, 0.25) is 0 Å². The maximum absolute atomic E-state index is 10.2. The van der Waals surface area contributed by atoms with Crippen LogP contribution in [-0.4, -0.2) is 30.3 Å². The Labute approximate surface area is 213 Å². The molecule has 0 saturated heterocycles. The molecule has 0 aromatic rings. The average molecular weight is 586 g/mol. The topological polar surface area (TPSA) is 264 Å². The van der Waals surface area contributed by atoms with Gasteiger partial charge in [0.15, 0.2) is 0 Å². The van der Waals surface area contributed by atoms with Crippen molar-refractivity contribution in [1.29, 1.82) is 0 Å². The van der Waals surface area contributed by atoms with Gasteiger partial charge in [-0.15, -0.1) is 0 Å². The molecule has 0 radical (unpaired) electrons. The Hall–Kier alpha value is -2.56. The van der Waals surface area contributed by atoms with Crippen molar-refractivity contribution in [3.05, 3.63) is 64.4 Å². The first kappa shape index (κ1) is 38.7. The molecule has 0 amide bonds. The van der Waals surface area contributed by atoms with Gasteiger partial charge in [0.1, 0.15) is 0 Å². The standard InChI is InChI=1S/2C4H8N2O2.2C4H7N2O2.2Cu/c4*1-3(5-7)4(2)6-8;;/h2*7-8H,1-2H3;2*5H,1-2H3;;/q;;2*-1;;/p-4/b2*5-3+,6-4+;2*4-3-;;. The van der Waals surface area contributed by atoms with Crippen LogP contribution in [0.5, 0.6) is 0 Å². The van der Waals surface area contributed by atoms with Gasteiger partial charge in [-0.05, 0) is 27.7 Å². The minimum atomic E-state index is 0.139. The fourth-order valence-electron chi connectivity index (χ4n) is 0.650. The van der Waals surface area contributed by atoms with Gasteiger partial charge in [0, 0.05) is 22.8 Å². The zero-order chi connectivity index (χ0) is 28.0. The van der Waals surface area contributed by atoms with Crippen LogP contribution >= 0.6 is 0 Å². The summed E-state index contributed by atoms with van der Waals surface area (Å²) in [5.41, 5.74) is 4.60. The molecule has 0 aromatic carbocycles. The molecule has 0 aromatic heterocycles. The van der Waals surface area contributed by atoms with E-state index in [1.165, 1.54) is 55.4 Å². The molecule has 34 heavy (non-hydrogen) atoms. The van der Waals surface area contributed by atoms with E-state index in [9.17, 15) is 41.7 Å². The fraction of sp³-hybridized carbons (Fsp3) is 0.500. The first-order valence-electron chi connectivity index (χ1n) is 8.62. The monoisotopic (exact) mass is 584 g/mol. The first-order valence-corrected chi connectivity index (χ1v) is 9.46. The van der Waals surface area contributed by atoms with Crippen LogP contribution in [0, 0.1) is 41.7 Å². The Kier molecular flexibility index (Phi) is 26.8. The van der Waals surface area contributed by atoms with Crippen molar-refractivity contribution >= 4 is 22.8 Å². The Bertz CT molecular complexity index is 739. The van der Waals surface area contributed by atoms with Crippen LogP contribution in [0.3, 0.4) is 0 Å². The smallest absolute Gasteiger partial charge is 0.0465 e. The van der Waals surface area contributed by atoms with E-state index in [0.717, 1.165) is 0 Å². The predicted molar refractivity (Wildman–Crippen MR) is 123 cm³/mol. The summed E-state index contributed by atoms with van der Waals surface area (Å²) in [5.74, 6) is 0. The fourth-order valence-corrected chi connectivity index (χ4v) is 0.966.